The van der Waals surface area contributed by atoms with E-state index in [0.29, 0.717) is 23.9 Å². The van der Waals surface area contributed by atoms with Crippen molar-refractivity contribution >= 4 is 13.7 Å². The molecule has 9 heteroatoms. The molecule has 0 spiro atoms. The second kappa shape index (κ2) is 48.9. The number of nitrogens with one attached hydrogen (secondary N) is 1. The van der Waals surface area contributed by atoms with Crippen molar-refractivity contribution in [1.29, 1.82) is 0 Å². The van der Waals surface area contributed by atoms with E-state index in [2.05, 4.69) is 92.1 Å². The first-order chi connectivity index (χ1) is 32.5. The molecular weight excluding hydrogens is 852 g/mol. The Hall–Kier alpha value is -2.06. The first-order valence-electron chi connectivity index (χ1n) is 27.8. The van der Waals surface area contributed by atoms with Gasteiger partial charge in [0, 0.05) is 6.42 Å². The molecule has 0 heterocycles. The third-order valence-electron chi connectivity index (χ3n) is 12.2. The Morgan fingerprint density at radius 1 is 0.537 bits per heavy atom. The van der Waals surface area contributed by atoms with E-state index in [1.807, 2.05) is 21.1 Å². The van der Waals surface area contributed by atoms with Gasteiger partial charge in [0.15, 0.2) is 0 Å². The largest absolute Gasteiger partial charge is 0.756 e. The number of hydrogen-bond acceptors (Lipinski definition) is 6. The Bertz CT molecular complexity index is 1320. The van der Waals surface area contributed by atoms with Gasteiger partial charge in [-0.3, -0.25) is 9.36 Å². The summed E-state index contributed by atoms with van der Waals surface area (Å²) in [5, 5.41) is 13.9. The molecule has 0 radical (unpaired) electrons. The number of unbranched alkanes of at least 4 members (excludes halogenated alkanes) is 25. The predicted molar refractivity (Wildman–Crippen MR) is 288 cm³/mol. The third kappa shape index (κ3) is 51.6. The van der Waals surface area contributed by atoms with E-state index in [0.717, 1.165) is 77.0 Å². The van der Waals surface area contributed by atoms with Gasteiger partial charge in [0.25, 0.3) is 7.82 Å². The fourth-order valence-electron chi connectivity index (χ4n) is 7.87. The minimum Gasteiger partial charge on any atom is -0.756 e. The van der Waals surface area contributed by atoms with Crippen LogP contribution in [0.1, 0.15) is 239 Å². The lowest BCUT2D eigenvalue weighted by molar-refractivity contribution is -0.870. The molecule has 0 saturated heterocycles. The van der Waals surface area contributed by atoms with Gasteiger partial charge in [-0.2, -0.15) is 0 Å². The normalized spacial score (nSPS) is 14.6. The number of likely N-dealkylation sites (N-methyl/N-ethyl adjacent to an activating group) is 1. The molecule has 67 heavy (non-hydrogen) atoms. The number of phosphoric acid groups is 1. The molecule has 0 saturated carbocycles. The highest BCUT2D eigenvalue weighted by atomic mass is 31.2. The van der Waals surface area contributed by atoms with Gasteiger partial charge in [-0.25, -0.2) is 0 Å². The van der Waals surface area contributed by atoms with Gasteiger partial charge < -0.3 is 28.8 Å². The molecule has 0 aromatic carbocycles. The lowest BCUT2D eigenvalue weighted by atomic mass is 10.0. The molecule has 0 aliphatic carbocycles. The summed E-state index contributed by atoms with van der Waals surface area (Å²) in [6.45, 7) is 4.59. The molecule has 3 atom stereocenters. The lowest BCUT2D eigenvalue weighted by Gasteiger charge is -2.30. The van der Waals surface area contributed by atoms with Crippen LogP contribution in [0, 0.1) is 0 Å². The second-order valence-corrected chi connectivity index (χ2v) is 21.3. The standard InChI is InChI=1S/C58H107N2O6P/c1-6-8-10-12-14-16-18-19-20-21-22-23-24-25-26-27-28-29-30-31-32-33-34-35-36-37-38-39-40-41-42-44-46-48-50-52-58(62)59-56(55-66-67(63,64)65-54-53-60(3,4)5)57(61)51-49-47-45-43-17-15-13-11-9-7-2/h8,10,14,16,19-20,22-23,25-26,28-29,56-57,61H,6-7,9,11-13,15,17-18,21,24,27,30-55H2,1-5H3,(H-,59,62,63,64)/b10-8-,16-14-,20-19-,23-22-,26-25-,29-28-. The number of aliphatic hydroxyl groups is 1. The van der Waals surface area contributed by atoms with Crippen LogP contribution in [0.25, 0.3) is 0 Å². The number of amides is 1. The summed E-state index contributed by atoms with van der Waals surface area (Å²) in [4.78, 5) is 25.4. The van der Waals surface area contributed by atoms with Crippen LogP contribution < -0.4 is 10.2 Å². The molecule has 0 rings (SSSR count). The Morgan fingerprint density at radius 2 is 0.910 bits per heavy atom. The van der Waals surface area contributed by atoms with Gasteiger partial charge in [0.05, 0.1) is 39.9 Å². The number of allylic oxidation sites excluding steroid dienone is 12. The highest BCUT2D eigenvalue weighted by Crippen LogP contribution is 2.38. The maximum Gasteiger partial charge on any atom is 0.268 e. The molecule has 0 aromatic rings. The molecule has 2 N–H and O–H groups in total. The predicted octanol–water partition coefficient (Wildman–Crippen LogP) is 16.1. The van der Waals surface area contributed by atoms with Crippen molar-refractivity contribution < 1.29 is 32.9 Å². The average molecular weight is 959 g/mol. The van der Waals surface area contributed by atoms with E-state index < -0.39 is 20.0 Å². The fourth-order valence-corrected chi connectivity index (χ4v) is 8.59. The minimum absolute atomic E-state index is 0.0108. The van der Waals surface area contributed by atoms with Crippen LogP contribution in [0.4, 0.5) is 0 Å². The van der Waals surface area contributed by atoms with Crippen LogP contribution in [0.15, 0.2) is 72.9 Å². The molecule has 0 aliphatic heterocycles. The molecule has 1 amide bonds. The Kier molecular flexibility index (Phi) is 47.4. The third-order valence-corrected chi connectivity index (χ3v) is 13.2. The van der Waals surface area contributed by atoms with E-state index in [9.17, 15) is 19.4 Å². The summed E-state index contributed by atoms with van der Waals surface area (Å²) in [5.74, 6) is -0.167. The Labute approximate surface area is 414 Å². The average Bonchev–Trinajstić information content (AvgIpc) is 3.29. The number of nitrogens with zero attached hydrogens (tertiary/aromatic N) is 1. The molecule has 0 fully saturated rings. The monoisotopic (exact) mass is 959 g/mol. The van der Waals surface area contributed by atoms with E-state index in [4.69, 9.17) is 9.05 Å². The smallest absolute Gasteiger partial charge is 0.268 e. The lowest BCUT2D eigenvalue weighted by Crippen LogP contribution is -2.46. The molecular formula is C58H107N2O6P. The van der Waals surface area contributed by atoms with E-state index in [1.165, 1.54) is 135 Å². The van der Waals surface area contributed by atoms with Crippen molar-refractivity contribution in [2.45, 2.75) is 251 Å². The molecule has 390 valence electrons. The van der Waals surface area contributed by atoms with Gasteiger partial charge in [-0.05, 0) is 64.2 Å². The highest BCUT2D eigenvalue weighted by Gasteiger charge is 2.24. The molecule has 0 bridgehead atoms. The van der Waals surface area contributed by atoms with E-state index in [-0.39, 0.29) is 19.1 Å². The van der Waals surface area contributed by atoms with Gasteiger partial charge in [0.2, 0.25) is 5.91 Å². The zero-order valence-corrected chi connectivity index (χ0v) is 45.2. The number of quaternary nitrogens is 1. The van der Waals surface area contributed by atoms with Crippen molar-refractivity contribution in [2.75, 3.05) is 40.9 Å². The van der Waals surface area contributed by atoms with Gasteiger partial charge in [0.1, 0.15) is 13.2 Å². The summed E-state index contributed by atoms with van der Waals surface area (Å²) in [6.07, 6.45) is 66.6. The number of carbonyl (C=O) groups is 1. The van der Waals surface area contributed by atoms with E-state index >= 15 is 0 Å². The van der Waals surface area contributed by atoms with Crippen LogP contribution in [-0.2, 0) is 18.4 Å². The van der Waals surface area contributed by atoms with Crippen molar-refractivity contribution in [3.63, 3.8) is 0 Å². The number of aliphatic hydroxyl groups excluding tert-OH is 1. The van der Waals surface area contributed by atoms with Crippen molar-refractivity contribution in [1.82, 2.24) is 5.32 Å². The summed E-state index contributed by atoms with van der Waals surface area (Å²) in [7, 11) is 1.30. The van der Waals surface area contributed by atoms with Crippen LogP contribution in [0.5, 0.6) is 0 Å². The number of rotatable bonds is 50. The second-order valence-electron chi connectivity index (χ2n) is 19.9. The zero-order chi connectivity index (χ0) is 49.2. The van der Waals surface area contributed by atoms with Crippen LogP contribution in [0.3, 0.4) is 0 Å². The number of carbonyl (C=O) groups excluding carboxylic acids is 1. The number of phosphoric ester groups is 1. The van der Waals surface area contributed by atoms with Gasteiger partial charge in [-0.1, -0.05) is 241 Å². The first-order valence-corrected chi connectivity index (χ1v) is 29.2. The summed E-state index contributed by atoms with van der Waals surface area (Å²) in [6, 6.07) is -0.800. The highest BCUT2D eigenvalue weighted by molar-refractivity contribution is 7.45. The van der Waals surface area contributed by atoms with Gasteiger partial charge >= 0.3 is 0 Å². The van der Waals surface area contributed by atoms with Crippen LogP contribution in [-0.4, -0.2) is 68.5 Å². The van der Waals surface area contributed by atoms with Crippen molar-refractivity contribution in [2.24, 2.45) is 0 Å². The topological polar surface area (TPSA) is 108 Å². The fraction of sp³-hybridized carbons (Fsp3) is 0.776. The molecule has 0 aliphatic rings. The maximum atomic E-state index is 12.9. The summed E-state index contributed by atoms with van der Waals surface area (Å²) < 4.78 is 23.3. The SMILES string of the molecule is CC/C=C\C/C=C\C/C=C\C/C=C\C/C=C\C/C=C\CCCCCCCCCCCCCCCCCCC(=O)NC(COP(=O)([O-])OCC[N+](C)(C)C)C(O)CCCCCCCCCCCC. The summed E-state index contributed by atoms with van der Waals surface area (Å²) in [5.41, 5.74) is 0. The van der Waals surface area contributed by atoms with Crippen molar-refractivity contribution in [3.05, 3.63) is 72.9 Å². The first kappa shape index (κ1) is 64.9. The molecule has 3 unspecified atom stereocenters. The minimum atomic E-state index is -4.57. The van der Waals surface area contributed by atoms with Gasteiger partial charge in [-0.15, -0.1) is 0 Å². The van der Waals surface area contributed by atoms with Crippen LogP contribution >= 0.6 is 7.82 Å². The maximum absolute atomic E-state index is 12.9. The molecule has 8 nitrogen and oxygen atoms in total. The Morgan fingerprint density at radius 3 is 1.33 bits per heavy atom. The summed E-state index contributed by atoms with van der Waals surface area (Å²) >= 11 is 0. The van der Waals surface area contributed by atoms with Crippen LogP contribution in [0.2, 0.25) is 0 Å². The Balaban J connectivity index is 3.96. The quantitative estimate of drug-likeness (QED) is 0.0272. The number of hydrogen-bond donors (Lipinski definition) is 2. The molecule has 0 aromatic heterocycles. The van der Waals surface area contributed by atoms with E-state index in [1.54, 1.807) is 0 Å². The zero-order valence-electron chi connectivity index (χ0n) is 44.3. The van der Waals surface area contributed by atoms with Crippen molar-refractivity contribution in [3.8, 4) is 0 Å².